The first-order valence-electron chi connectivity index (χ1n) is 8.63. The lowest BCUT2D eigenvalue weighted by atomic mass is 10.2. The molecule has 3 rings (SSSR count). The quantitative estimate of drug-likeness (QED) is 0.818. The standard InChI is InChI=1S/C19H23N3O3/c23-18(9-4-10-20-19(24)17-8-5-15-25-17)22-13-11-21(12-14-22)16-6-2-1-3-7-16/h1-3,5-8,15H,4,9-14H2,(H,20,24). The molecule has 6 nitrogen and oxygen atoms in total. The number of nitrogens with zero attached hydrogens (tertiary/aromatic N) is 2. The molecular formula is C19H23N3O3. The summed E-state index contributed by atoms with van der Waals surface area (Å²) >= 11 is 0. The van der Waals surface area contributed by atoms with Crippen LogP contribution in [0, 0.1) is 0 Å². The van der Waals surface area contributed by atoms with Crippen LogP contribution in [0.3, 0.4) is 0 Å². The maximum absolute atomic E-state index is 12.3. The van der Waals surface area contributed by atoms with Gasteiger partial charge in [0.15, 0.2) is 5.76 Å². The summed E-state index contributed by atoms with van der Waals surface area (Å²) in [5.41, 5.74) is 1.20. The number of amides is 2. The molecule has 0 spiro atoms. The first-order valence-corrected chi connectivity index (χ1v) is 8.63. The Hall–Kier alpha value is -2.76. The second-order valence-electron chi connectivity index (χ2n) is 6.04. The van der Waals surface area contributed by atoms with Gasteiger partial charge in [-0.1, -0.05) is 18.2 Å². The van der Waals surface area contributed by atoms with Gasteiger partial charge < -0.3 is 19.5 Å². The predicted octanol–water partition coefficient (Wildman–Crippen LogP) is 2.14. The van der Waals surface area contributed by atoms with Crippen molar-refractivity contribution in [2.24, 2.45) is 0 Å². The minimum absolute atomic E-state index is 0.153. The molecule has 1 aromatic heterocycles. The third-order valence-electron chi connectivity index (χ3n) is 4.35. The summed E-state index contributed by atoms with van der Waals surface area (Å²) in [4.78, 5) is 28.2. The van der Waals surface area contributed by atoms with Gasteiger partial charge >= 0.3 is 0 Å². The molecule has 6 heteroatoms. The van der Waals surface area contributed by atoms with E-state index in [1.54, 1.807) is 12.1 Å². The number of carbonyl (C=O) groups excluding carboxylic acids is 2. The van der Waals surface area contributed by atoms with E-state index < -0.39 is 0 Å². The second-order valence-corrected chi connectivity index (χ2v) is 6.04. The molecule has 1 aliphatic heterocycles. The highest BCUT2D eigenvalue weighted by Gasteiger charge is 2.20. The largest absolute Gasteiger partial charge is 0.459 e. The Balaban J connectivity index is 1.35. The summed E-state index contributed by atoms with van der Waals surface area (Å²) in [5, 5.41) is 2.76. The molecule has 132 valence electrons. The first kappa shape index (κ1) is 17.1. The number of carbonyl (C=O) groups is 2. The van der Waals surface area contributed by atoms with Gasteiger partial charge in [0.1, 0.15) is 0 Å². The molecule has 0 unspecified atom stereocenters. The van der Waals surface area contributed by atoms with E-state index in [2.05, 4.69) is 22.3 Å². The van der Waals surface area contributed by atoms with E-state index in [1.165, 1.54) is 12.0 Å². The average Bonchev–Trinajstić information content (AvgIpc) is 3.21. The number of hydrogen-bond donors (Lipinski definition) is 1. The smallest absolute Gasteiger partial charge is 0.286 e. The zero-order valence-corrected chi connectivity index (χ0v) is 14.2. The molecule has 1 fully saturated rings. The number of benzene rings is 1. The predicted molar refractivity (Wildman–Crippen MR) is 95.5 cm³/mol. The van der Waals surface area contributed by atoms with Gasteiger partial charge in [-0.2, -0.15) is 0 Å². The van der Waals surface area contributed by atoms with Crippen molar-refractivity contribution >= 4 is 17.5 Å². The van der Waals surface area contributed by atoms with Crippen molar-refractivity contribution in [1.82, 2.24) is 10.2 Å². The topological polar surface area (TPSA) is 65.8 Å². The molecule has 1 saturated heterocycles. The van der Waals surface area contributed by atoms with Crippen LogP contribution in [-0.2, 0) is 4.79 Å². The van der Waals surface area contributed by atoms with Crippen molar-refractivity contribution in [3.05, 3.63) is 54.5 Å². The third-order valence-corrected chi connectivity index (χ3v) is 4.35. The lowest BCUT2D eigenvalue weighted by Crippen LogP contribution is -2.48. The highest BCUT2D eigenvalue weighted by Crippen LogP contribution is 2.16. The molecule has 0 aliphatic carbocycles. The Morgan fingerprint density at radius 2 is 1.76 bits per heavy atom. The zero-order valence-electron chi connectivity index (χ0n) is 14.2. The van der Waals surface area contributed by atoms with Crippen molar-refractivity contribution in [2.45, 2.75) is 12.8 Å². The van der Waals surface area contributed by atoms with E-state index in [1.807, 2.05) is 23.1 Å². The van der Waals surface area contributed by atoms with Gasteiger partial charge in [-0.15, -0.1) is 0 Å². The van der Waals surface area contributed by atoms with Gasteiger partial charge in [0, 0.05) is 44.8 Å². The SMILES string of the molecule is O=C(NCCCC(=O)N1CCN(c2ccccc2)CC1)c1ccco1. The Labute approximate surface area is 147 Å². The van der Waals surface area contributed by atoms with E-state index in [0.717, 1.165) is 26.2 Å². The number of piperazine rings is 1. The number of anilines is 1. The van der Waals surface area contributed by atoms with Crippen LogP contribution in [0.15, 0.2) is 53.1 Å². The lowest BCUT2D eigenvalue weighted by Gasteiger charge is -2.36. The number of hydrogen-bond acceptors (Lipinski definition) is 4. The summed E-state index contributed by atoms with van der Waals surface area (Å²) in [6.45, 7) is 3.66. The summed E-state index contributed by atoms with van der Waals surface area (Å²) in [5.74, 6) is 0.206. The summed E-state index contributed by atoms with van der Waals surface area (Å²) < 4.78 is 5.02. The maximum atomic E-state index is 12.3. The number of para-hydroxylation sites is 1. The first-order chi connectivity index (χ1) is 12.2. The molecule has 1 aromatic carbocycles. The molecule has 2 aromatic rings. The van der Waals surface area contributed by atoms with Gasteiger partial charge in [-0.25, -0.2) is 0 Å². The van der Waals surface area contributed by atoms with Crippen molar-refractivity contribution in [3.8, 4) is 0 Å². The molecule has 25 heavy (non-hydrogen) atoms. The zero-order chi connectivity index (χ0) is 17.5. The summed E-state index contributed by atoms with van der Waals surface area (Å²) in [6.07, 6.45) is 2.54. The van der Waals surface area contributed by atoms with E-state index >= 15 is 0 Å². The van der Waals surface area contributed by atoms with Gasteiger partial charge in [-0.3, -0.25) is 9.59 Å². The number of nitrogens with one attached hydrogen (secondary N) is 1. The van der Waals surface area contributed by atoms with Crippen LogP contribution in [0.25, 0.3) is 0 Å². The van der Waals surface area contributed by atoms with Crippen molar-refractivity contribution < 1.29 is 14.0 Å². The van der Waals surface area contributed by atoms with E-state index in [9.17, 15) is 9.59 Å². The van der Waals surface area contributed by atoms with Crippen molar-refractivity contribution in [2.75, 3.05) is 37.6 Å². The normalized spacial score (nSPS) is 14.4. The highest BCUT2D eigenvalue weighted by molar-refractivity contribution is 5.91. The fraction of sp³-hybridized carbons (Fsp3) is 0.368. The fourth-order valence-corrected chi connectivity index (χ4v) is 2.95. The van der Waals surface area contributed by atoms with Gasteiger partial charge in [0.2, 0.25) is 5.91 Å². The fourth-order valence-electron chi connectivity index (χ4n) is 2.95. The Morgan fingerprint density at radius 3 is 2.44 bits per heavy atom. The van der Waals surface area contributed by atoms with Gasteiger partial charge in [0.25, 0.3) is 5.91 Å². The molecule has 2 amide bonds. The third kappa shape index (κ3) is 4.62. The Kier molecular flexibility index (Phi) is 5.72. The van der Waals surface area contributed by atoms with Crippen LogP contribution < -0.4 is 10.2 Å². The molecule has 0 saturated carbocycles. The lowest BCUT2D eigenvalue weighted by molar-refractivity contribution is -0.131. The highest BCUT2D eigenvalue weighted by atomic mass is 16.3. The molecule has 2 heterocycles. The molecular weight excluding hydrogens is 318 g/mol. The van der Waals surface area contributed by atoms with Crippen molar-refractivity contribution in [3.63, 3.8) is 0 Å². The minimum Gasteiger partial charge on any atom is -0.459 e. The maximum Gasteiger partial charge on any atom is 0.286 e. The van der Waals surface area contributed by atoms with Crippen molar-refractivity contribution in [1.29, 1.82) is 0 Å². The van der Waals surface area contributed by atoms with E-state index in [-0.39, 0.29) is 11.8 Å². The molecule has 1 aliphatic rings. The summed E-state index contributed by atoms with van der Waals surface area (Å²) in [6, 6.07) is 13.6. The Bertz CT molecular complexity index is 677. The average molecular weight is 341 g/mol. The van der Waals surface area contributed by atoms with Crippen LogP contribution >= 0.6 is 0 Å². The molecule has 0 atom stereocenters. The van der Waals surface area contributed by atoms with Crippen LogP contribution in [0.5, 0.6) is 0 Å². The monoisotopic (exact) mass is 341 g/mol. The van der Waals surface area contributed by atoms with Crippen LogP contribution in [0.2, 0.25) is 0 Å². The van der Waals surface area contributed by atoms with Gasteiger partial charge in [0.05, 0.1) is 6.26 Å². The van der Waals surface area contributed by atoms with Crippen LogP contribution in [0.4, 0.5) is 5.69 Å². The number of rotatable bonds is 6. The van der Waals surface area contributed by atoms with E-state index in [0.29, 0.717) is 25.1 Å². The molecule has 0 bridgehead atoms. The van der Waals surface area contributed by atoms with Crippen LogP contribution in [-0.4, -0.2) is 49.4 Å². The van der Waals surface area contributed by atoms with E-state index in [4.69, 9.17) is 4.42 Å². The minimum atomic E-state index is -0.242. The number of furan rings is 1. The van der Waals surface area contributed by atoms with Crippen LogP contribution in [0.1, 0.15) is 23.4 Å². The Morgan fingerprint density at radius 1 is 1.00 bits per heavy atom. The molecule has 0 radical (unpaired) electrons. The second kappa shape index (κ2) is 8.37. The molecule has 1 N–H and O–H groups in total. The summed E-state index contributed by atoms with van der Waals surface area (Å²) in [7, 11) is 0. The van der Waals surface area contributed by atoms with Gasteiger partial charge in [-0.05, 0) is 30.7 Å².